The number of rotatable bonds is 15. The van der Waals surface area contributed by atoms with E-state index < -0.39 is 47.2 Å². The molecule has 2 aliphatic carbocycles. The van der Waals surface area contributed by atoms with Gasteiger partial charge in [0.05, 0.1) is 24.3 Å². The summed E-state index contributed by atoms with van der Waals surface area (Å²) in [4.78, 5) is 64.0. The second kappa shape index (κ2) is 19.2. The van der Waals surface area contributed by atoms with Gasteiger partial charge in [-0.3, -0.25) is 19.2 Å². The van der Waals surface area contributed by atoms with E-state index in [1.54, 1.807) is 4.90 Å². The number of carbonyl (C=O) groups is 4. The molecular formula is C40H65N7O6. The van der Waals surface area contributed by atoms with Crippen LogP contribution in [0.4, 0.5) is 0 Å². The van der Waals surface area contributed by atoms with Crippen molar-refractivity contribution in [3.63, 3.8) is 0 Å². The van der Waals surface area contributed by atoms with Gasteiger partial charge in [0.2, 0.25) is 17.7 Å². The molecule has 4 aliphatic rings. The molecule has 2 aliphatic heterocycles. The molecule has 1 aromatic carbocycles. The van der Waals surface area contributed by atoms with Crippen LogP contribution in [0.3, 0.4) is 0 Å². The van der Waals surface area contributed by atoms with Crippen LogP contribution >= 0.6 is 0 Å². The highest BCUT2D eigenvalue weighted by molar-refractivity contribution is 6.02. The highest BCUT2D eigenvalue weighted by Crippen LogP contribution is 2.40. The molecule has 0 bridgehead atoms. The lowest BCUT2D eigenvalue weighted by atomic mass is 9.82. The van der Waals surface area contributed by atoms with Crippen molar-refractivity contribution >= 4 is 29.3 Å². The van der Waals surface area contributed by atoms with Crippen LogP contribution in [0.1, 0.15) is 117 Å². The number of nitrogens with two attached hydrogens (primary N) is 2. The normalized spacial score (nSPS) is 23.8. The van der Waals surface area contributed by atoms with Crippen molar-refractivity contribution in [3.8, 4) is 0 Å². The van der Waals surface area contributed by atoms with E-state index in [-0.39, 0.29) is 42.6 Å². The number of likely N-dealkylation sites (tertiary alicyclic amines) is 1. The molecule has 3 unspecified atom stereocenters. The highest BCUT2D eigenvalue weighted by Gasteiger charge is 2.56. The Morgan fingerprint density at radius 3 is 2.26 bits per heavy atom. The monoisotopic (exact) mass is 739 g/mol. The number of nitrogens with zero attached hydrogens (tertiary/aromatic N) is 2. The molecule has 1 aromatic rings. The lowest BCUT2D eigenvalue weighted by Gasteiger charge is -2.37. The van der Waals surface area contributed by atoms with Crippen molar-refractivity contribution in [1.82, 2.24) is 20.9 Å². The number of ether oxygens (including phenoxy) is 1. The molecular weight excluding hydrogens is 674 g/mol. The van der Waals surface area contributed by atoms with Gasteiger partial charge >= 0.3 is 0 Å². The van der Waals surface area contributed by atoms with Crippen molar-refractivity contribution in [3.05, 3.63) is 35.9 Å². The van der Waals surface area contributed by atoms with Gasteiger partial charge in [-0.25, -0.2) is 0 Å². The number of hydrogen-bond acceptors (Lipinski definition) is 9. The van der Waals surface area contributed by atoms with Gasteiger partial charge in [-0.1, -0.05) is 95.8 Å². The van der Waals surface area contributed by atoms with Gasteiger partial charge in [0.25, 0.3) is 5.91 Å². The van der Waals surface area contributed by atoms with Gasteiger partial charge < -0.3 is 41.9 Å². The number of benzene rings is 1. The van der Waals surface area contributed by atoms with Crippen LogP contribution in [-0.4, -0.2) is 96.4 Å². The van der Waals surface area contributed by atoms with Crippen molar-refractivity contribution in [2.45, 2.75) is 154 Å². The van der Waals surface area contributed by atoms with Gasteiger partial charge in [-0.05, 0) is 62.5 Å². The van der Waals surface area contributed by atoms with E-state index in [0.29, 0.717) is 25.9 Å². The average Bonchev–Trinajstić information content (AvgIpc) is 3.75. The summed E-state index contributed by atoms with van der Waals surface area (Å²) in [5.41, 5.74) is 11.0. The van der Waals surface area contributed by atoms with E-state index >= 15 is 0 Å². The van der Waals surface area contributed by atoms with E-state index in [0.717, 1.165) is 62.6 Å². The molecule has 6 atom stereocenters. The molecule has 13 heteroatoms. The average molecular weight is 740 g/mol. The summed E-state index contributed by atoms with van der Waals surface area (Å²) >= 11 is 0. The molecule has 2 saturated carbocycles. The zero-order valence-corrected chi connectivity index (χ0v) is 32.8. The first-order valence-corrected chi connectivity index (χ1v) is 19.8. The smallest absolute Gasteiger partial charge is 0.251 e. The van der Waals surface area contributed by atoms with Crippen molar-refractivity contribution in [1.29, 1.82) is 0 Å². The summed E-state index contributed by atoms with van der Waals surface area (Å²) in [6.45, 7) is 10.2. The predicted octanol–water partition coefficient (Wildman–Crippen LogP) is 3.52. The molecule has 2 heterocycles. The molecule has 0 radical (unpaired) electrons. The SMILES string of the molecule is CCCOC(C(=O)NC1CC1)[C@H](CCC)NC(=O)C1C[C@]2(CC(c3ccccc3)=NO2)CN1C(=O)C(NC(=O)[C@@H](N)C1CCCCC1)C(C)(C)C.CN. The van der Waals surface area contributed by atoms with Crippen LogP contribution < -0.4 is 27.4 Å². The summed E-state index contributed by atoms with van der Waals surface area (Å²) < 4.78 is 6.08. The second-order valence-corrected chi connectivity index (χ2v) is 16.3. The topological polar surface area (TPSA) is 190 Å². The number of oxime groups is 1. The molecule has 1 spiro atoms. The van der Waals surface area contributed by atoms with E-state index in [9.17, 15) is 19.2 Å². The van der Waals surface area contributed by atoms with Crippen LogP contribution in [0.15, 0.2) is 35.5 Å². The molecule has 13 nitrogen and oxygen atoms in total. The molecule has 53 heavy (non-hydrogen) atoms. The number of nitrogens with one attached hydrogen (secondary N) is 3. The Hall–Kier alpha value is -3.55. The molecule has 0 aromatic heterocycles. The molecule has 5 rings (SSSR count). The van der Waals surface area contributed by atoms with Crippen LogP contribution in [0.2, 0.25) is 0 Å². The molecule has 4 amide bonds. The lowest BCUT2D eigenvalue weighted by molar-refractivity contribution is -0.145. The van der Waals surface area contributed by atoms with Gasteiger partial charge in [-0.2, -0.15) is 0 Å². The zero-order chi connectivity index (χ0) is 38.8. The quantitative estimate of drug-likeness (QED) is 0.181. The number of carbonyl (C=O) groups excluding carboxylic acids is 4. The van der Waals surface area contributed by atoms with E-state index in [1.807, 2.05) is 65.0 Å². The fraction of sp³-hybridized carbons (Fsp3) is 0.725. The minimum atomic E-state index is -0.947. The maximum Gasteiger partial charge on any atom is 0.251 e. The van der Waals surface area contributed by atoms with Gasteiger partial charge in [0.1, 0.15) is 12.1 Å². The Kier molecular flexibility index (Phi) is 15.3. The fourth-order valence-corrected chi connectivity index (χ4v) is 7.69. The Morgan fingerprint density at radius 1 is 0.981 bits per heavy atom. The standard InChI is InChI=1S/C39H60N6O6.CH5N/c1-6-14-28(32(50-21-7-2)36(48)41-27-19-20-27)42-34(46)30-23-39(22-29(44-51-39)25-15-10-8-11-16-25)24-45(30)37(49)33(38(3,4)5)43-35(47)31(40)26-17-12-9-13-18-26;1-2/h8,10-11,15-16,26-28,30-33H,6-7,9,12-14,17-24,40H2,1-5H3,(H,41,48)(H,42,46)(H,43,47);2H2,1H3/t28-,30?,31-,32?,33?,39+;/m0./s1. The highest BCUT2D eigenvalue weighted by atomic mass is 16.7. The summed E-state index contributed by atoms with van der Waals surface area (Å²) in [5.74, 6) is -1.28. The third kappa shape index (κ3) is 11.0. The Balaban J connectivity index is 0.00000308. The maximum atomic E-state index is 14.8. The first-order valence-electron chi connectivity index (χ1n) is 19.8. The van der Waals surface area contributed by atoms with Crippen LogP contribution in [0.25, 0.3) is 0 Å². The van der Waals surface area contributed by atoms with Crippen LogP contribution in [-0.2, 0) is 28.8 Å². The molecule has 3 fully saturated rings. The fourth-order valence-electron chi connectivity index (χ4n) is 7.69. The molecule has 7 N–H and O–H groups in total. The third-order valence-corrected chi connectivity index (χ3v) is 10.8. The largest absolute Gasteiger partial charge is 0.387 e. The zero-order valence-electron chi connectivity index (χ0n) is 32.8. The Bertz CT molecular complexity index is 1410. The van der Waals surface area contributed by atoms with E-state index in [1.165, 1.54) is 7.05 Å². The first kappa shape index (κ1) is 42.2. The van der Waals surface area contributed by atoms with Crippen molar-refractivity contribution < 1.29 is 28.8 Å². The summed E-state index contributed by atoms with van der Waals surface area (Å²) in [6, 6.07) is 6.65. The summed E-state index contributed by atoms with van der Waals surface area (Å²) in [5, 5.41) is 13.6. The Labute approximate surface area is 316 Å². The number of amides is 4. The van der Waals surface area contributed by atoms with E-state index in [2.05, 4.69) is 26.8 Å². The van der Waals surface area contributed by atoms with Crippen LogP contribution in [0.5, 0.6) is 0 Å². The van der Waals surface area contributed by atoms with E-state index in [4.69, 9.17) is 15.3 Å². The predicted molar refractivity (Wildman–Crippen MR) is 206 cm³/mol. The number of hydrogen-bond donors (Lipinski definition) is 5. The second-order valence-electron chi connectivity index (χ2n) is 16.3. The summed E-state index contributed by atoms with van der Waals surface area (Å²) in [7, 11) is 1.50. The Morgan fingerprint density at radius 2 is 1.66 bits per heavy atom. The maximum absolute atomic E-state index is 14.8. The van der Waals surface area contributed by atoms with Crippen LogP contribution in [0, 0.1) is 11.3 Å². The van der Waals surface area contributed by atoms with Gasteiger partial charge in [0.15, 0.2) is 11.7 Å². The molecule has 1 saturated heterocycles. The van der Waals surface area contributed by atoms with Crippen molar-refractivity contribution in [2.24, 2.45) is 28.0 Å². The minimum Gasteiger partial charge on any atom is -0.387 e. The third-order valence-electron chi connectivity index (χ3n) is 10.8. The van der Waals surface area contributed by atoms with Gasteiger partial charge in [-0.15, -0.1) is 0 Å². The first-order chi connectivity index (χ1) is 25.4. The summed E-state index contributed by atoms with van der Waals surface area (Å²) in [6.07, 6.45) is 8.56. The molecule has 296 valence electrons. The van der Waals surface area contributed by atoms with Gasteiger partial charge in [0, 0.05) is 25.5 Å². The minimum absolute atomic E-state index is 0.0685. The lowest BCUT2D eigenvalue weighted by Crippen LogP contribution is -2.61. The van der Waals surface area contributed by atoms with Crippen molar-refractivity contribution in [2.75, 3.05) is 20.2 Å².